The van der Waals surface area contributed by atoms with Crippen LogP contribution >= 0.6 is 35.3 Å². The van der Waals surface area contributed by atoms with E-state index in [0.717, 1.165) is 22.5 Å². The molecule has 0 radical (unpaired) electrons. The monoisotopic (exact) mass is 460 g/mol. The summed E-state index contributed by atoms with van der Waals surface area (Å²) in [5, 5.41) is 7.29. The average Bonchev–Trinajstić information content (AvgIpc) is 3.08. The summed E-state index contributed by atoms with van der Waals surface area (Å²) in [6.45, 7) is 0.621. The Labute approximate surface area is 152 Å². The quantitative estimate of drug-likeness (QED) is 0.418. The first-order chi connectivity index (χ1) is 10.4. The zero-order chi connectivity index (χ0) is 16.2. The fraction of sp³-hybridized carbons (Fsp3) is 0.417. The van der Waals surface area contributed by atoms with Gasteiger partial charge in [-0.05, 0) is 0 Å². The number of aliphatic imine (C=N–C) groups is 1. The first-order valence-electron chi connectivity index (χ1n) is 6.32. The Morgan fingerprint density at radius 2 is 2.04 bits per heavy atom. The maximum absolute atomic E-state index is 12.5. The summed E-state index contributed by atoms with van der Waals surface area (Å²) in [7, 11) is 3.45. The van der Waals surface area contributed by atoms with Gasteiger partial charge in [0.05, 0.1) is 13.1 Å². The van der Waals surface area contributed by atoms with Crippen molar-refractivity contribution in [3.8, 4) is 0 Å². The first-order valence-corrected chi connectivity index (χ1v) is 7.20. The number of rotatable bonds is 4. The molecule has 6 nitrogen and oxygen atoms in total. The molecule has 0 aliphatic rings. The Kier molecular flexibility index (Phi) is 7.25. The second-order valence-electron chi connectivity index (χ2n) is 4.36. The van der Waals surface area contributed by atoms with Gasteiger partial charge in [-0.2, -0.15) is 13.2 Å². The Hall–Kier alpha value is -1.37. The first kappa shape index (κ1) is 19.7. The molecule has 2 N–H and O–H groups in total. The molecule has 0 saturated carbocycles. The van der Waals surface area contributed by atoms with Crippen LogP contribution in [0.15, 0.2) is 22.8 Å². The Bertz CT molecular complexity index is 651. The number of nitrogens with zero attached hydrogens (tertiary/aromatic N) is 4. The Morgan fingerprint density at radius 1 is 1.35 bits per heavy atom. The molecule has 11 heteroatoms. The van der Waals surface area contributed by atoms with Crippen LogP contribution in [0.2, 0.25) is 0 Å². The maximum Gasteiger partial charge on any atom is 0.434 e. The number of guanidine groups is 1. The number of nitrogens with one attached hydrogen (secondary N) is 2. The molecule has 2 aromatic heterocycles. The summed E-state index contributed by atoms with van der Waals surface area (Å²) in [5.74, 6) is 1.28. The molecule has 0 saturated heterocycles. The molecule has 128 valence electrons. The summed E-state index contributed by atoms with van der Waals surface area (Å²) in [6.07, 6.45) is -0.907. The van der Waals surface area contributed by atoms with Crippen LogP contribution in [0.4, 0.5) is 13.2 Å². The molecule has 0 atom stereocenters. The maximum atomic E-state index is 12.5. The summed E-state index contributed by atoms with van der Waals surface area (Å²) in [6, 6.07) is 0. The molecule has 0 aliphatic heterocycles. The highest BCUT2D eigenvalue weighted by atomic mass is 127. The molecular weight excluding hydrogens is 444 g/mol. The van der Waals surface area contributed by atoms with Crippen molar-refractivity contribution in [2.75, 3.05) is 7.05 Å². The van der Waals surface area contributed by atoms with Crippen LogP contribution in [0.1, 0.15) is 16.5 Å². The number of imidazole rings is 1. The molecule has 0 aromatic carbocycles. The largest absolute Gasteiger partial charge is 0.434 e. The van der Waals surface area contributed by atoms with Gasteiger partial charge in [-0.1, -0.05) is 0 Å². The fourth-order valence-corrected chi connectivity index (χ4v) is 2.37. The SMILES string of the molecule is CN=C(NCc1nc(C(F)(F)F)cs1)NCc1nccn1C.I. The van der Waals surface area contributed by atoms with Crippen LogP contribution in [-0.4, -0.2) is 27.5 Å². The van der Waals surface area contributed by atoms with E-state index in [9.17, 15) is 13.2 Å². The van der Waals surface area contributed by atoms with Crippen LogP contribution in [0.3, 0.4) is 0 Å². The molecule has 0 aliphatic carbocycles. The van der Waals surface area contributed by atoms with Crippen LogP contribution < -0.4 is 10.6 Å². The summed E-state index contributed by atoms with van der Waals surface area (Å²) >= 11 is 0.954. The van der Waals surface area contributed by atoms with Crippen molar-refractivity contribution in [3.63, 3.8) is 0 Å². The van der Waals surface area contributed by atoms with E-state index < -0.39 is 11.9 Å². The number of hydrogen-bond donors (Lipinski definition) is 2. The molecule has 0 bridgehead atoms. The van der Waals surface area contributed by atoms with Gasteiger partial charge in [0, 0.05) is 31.9 Å². The van der Waals surface area contributed by atoms with Crippen molar-refractivity contribution < 1.29 is 13.2 Å². The van der Waals surface area contributed by atoms with Crippen molar-refractivity contribution in [2.24, 2.45) is 12.0 Å². The molecule has 0 amide bonds. The minimum atomic E-state index is -4.41. The predicted molar refractivity (Wildman–Crippen MR) is 92.8 cm³/mol. The van der Waals surface area contributed by atoms with Crippen molar-refractivity contribution >= 4 is 41.3 Å². The van der Waals surface area contributed by atoms with Gasteiger partial charge in [0.15, 0.2) is 11.7 Å². The Morgan fingerprint density at radius 3 is 2.57 bits per heavy atom. The zero-order valence-corrected chi connectivity index (χ0v) is 15.5. The van der Waals surface area contributed by atoms with E-state index in [1.807, 2.05) is 17.8 Å². The van der Waals surface area contributed by atoms with Gasteiger partial charge in [0.2, 0.25) is 0 Å². The normalized spacial score (nSPS) is 12.0. The van der Waals surface area contributed by atoms with E-state index >= 15 is 0 Å². The third kappa shape index (κ3) is 5.64. The summed E-state index contributed by atoms with van der Waals surface area (Å²) < 4.78 is 39.2. The number of aryl methyl sites for hydroxylation is 1. The van der Waals surface area contributed by atoms with Gasteiger partial charge in [0.1, 0.15) is 10.8 Å². The van der Waals surface area contributed by atoms with Crippen molar-refractivity contribution in [2.45, 2.75) is 19.3 Å². The van der Waals surface area contributed by atoms with Gasteiger partial charge in [-0.15, -0.1) is 35.3 Å². The molecule has 0 fully saturated rings. The second-order valence-corrected chi connectivity index (χ2v) is 5.30. The van der Waals surface area contributed by atoms with Crippen molar-refractivity contribution in [1.29, 1.82) is 0 Å². The van der Waals surface area contributed by atoms with Crippen LogP contribution in [0.5, 0.6) is 0 Å². The van der Waals surface area contributed by atoms with Gasteiger partial charge in [-0.3, -0.25) is 4.99 Å². The Balaban J connectivity index is 0.00000264. The number of hydrogen-bond acceptors (Lipinski definition) is 4. The minimum absolute atomic E-state index is 0. The highest BCUT2D eigenvalue weighted by Gasteiger charge is 2.33. The number of aromatic nitrogens is 3. The number of thiazole rings is 1. The average molecular weight is 460 g/mol. The van der Waals surface area contributed by atoms with E-state index in [2.05, 4.69) is 25.6 Å². The standard InChI is InChI=1S/C12H15F3N6S.HI/c1-16-11(18-5-9-17-3-4-21(9)2)19-6-10-20-8(7-22-10)12(13,14)15;/h3-4,7H,5-6H2,1-2H3,(H2,16,18,19);1H. The molecule has 2 aromatic rings. The second kappa shape index (κ2) is 8.47. The van der Waals surface area contributed by atoms with Gasteiger partial charge < -0.3 is 15.2 Å². The van der Waals surface area contributed by atoms with Gasteiger partial charge >= 0.3 is 6.18 Å². The lowest BCUT2D eigenvalue weighted by molar-refractivity contribution is -0.140. The fourth-order valence-electron chi connectivity index (χ4n) is 1.63. The van der Waals surface area contributed by atoms with Gasteiger partial charge in [0.25, 0.3) is 0 Å². The van der Waals surface area contributed by atoms with Crippen molar-refractivity contribution in [1.82, 2.24) is 25.2 Å². The van der Waals surface area contributed by atoms with Crippen LogP contribution in [-0.2, 0) is 26.3 Å². The minimum Gasteiger partial charge on any atom is -0.350 e. The molecule has 23 heavy (non-hydrogen) atoms. The van der Waals surface area contributed by atoms with Crippen LogP contribution in [0.25, 0.3) is 0 Å². The lowest BCUT2D eigenvalue weighted by Gasteiger charge is -2.10. The predicted octanol–water partition coefficient (Wildman–Crippen LogP) is 2.38. The number of alkyl halides is 3. The molecule has 0 spiro atoms. The number of halogens is 4. The van der Waals surface area contributed by atoms with E-state index in [1.165, 1.54) is 0 Å². The molecule has 2 rings (SSSR count). The smallest absolute Gasteiger partial charge is 0.350 e. The van der Waals surface area contributed by atoms with Crippen molar-refractivity contribution in [3.05, 3.63) is 34.3 Å². The lowest BCUT2D eigenvalue weighted by atomic mass is 10.5. The highest BCUT2D eigenvalue weighted by Crippen LogP contribution is 2.29. The zero-order valence-electron chi connectivity index (χ0n) is 12.4. The van der Waals surface area contributed by atoms with Crippen LogP contribution in [0, 0.1) is 0 Å². The lowest BCUT2D eigenvalue weighted by Crippen LogP contribution is -2.36. The topological polar surface area (TPSA) is 67.1 Å². The summed E-state index contributed by atoms with van der Waals surface area (Å²) in [4.78, 5) is 11.7. The van der Waals surface area contributed by atoms with Gasteiger partial charge in [-0.25, -0.2) is 9.97 Å². The summed E-state index contributed by atoms with van der Waals surface area (Å²) in [5.41, 5.74) is -0.870. The molecule has 0 unspecified atom stereocenters. The third-order valence-corrected chi connectivity index (χ3v) is 3.66. The van der Waals surface area contributed by atoms with E-state index in [-0.39, 0.29) is 30.5 Å². The van der Waals surface area contributed by atoms with E-state index in [1.54, 1.807) is 13.2 Å². The third-order valence-electron chi connectivity index (χ3n) is 2.81. The highest BCUT2D eigenvalue weighted by molar-refractivity contribution is 14.0. The van der Waals surface area contributed by atoms with E-state index in [0.29, 0.717) is 17.5 Å². The molecule has 2 heterocycles. The molecular formula is C12H16F3IN6S. The van der Waals surface area contributed by atoms with E-state index in [4.69, 9.17) is 0 Å².